The van der Waals surface area contributed by atoms with Crippen molar-refractivity contribution in [3.8, 4) is 0 Å². The second-order valence-electron chi connectivity index (χ2n) is 3.85. The van der Waals surface area contributed by atoms with Gasteiger partial charge < -0.3 is 16.0 Å². The van der Waals surface area contributed by atoms with Gasteiger partial charge in [0.1, 0.15) is 10.7 Å². The number of nitrogens with one attached hydrogen (secondary N) is 1. The molecular formula is C9H14N4OS. The van der Waals surface area contributed by atoms with E-state index >= 15 is 0 Å². The first-order chi connectivity index (χ1) is 7.08. The minimum absolute atomic E-state index is 0.0967. The maximum Gasteiger partial charge on any atom is 0.265 e. The zero-order valence-corrected chi connectivity index (χ0v) is 9.60. The van der Waals surface area contributed by atoms with Gasteiger partial charge in [0, 0.05) is 20.1 Å². The molecule has 1 saturated carbocycles. The number of hydrogen-bond acceptors (Lipinski definition) is 5. The Hall–Kier alpha value is -1.30. The molecule has 82 valence electrons. The summed E-state index contributed by atoms with van der Waals surface area (Å²) in [6, 6.07) is 0.349. The van der Waals surface area contributed by atoms with Crippen molar-refractivity contribution >= 4 is 28.2 Å². The SMILES string of the molecule is CN(C)c1nc(N)c(C(=O)NC2CC2)s1. The number of anilines is 2. The summed E-state index contributed by atoms with van der Waals surface area (Å²) in [6.07, 6.45) is 2.15. The molecule has 0 radical (unpaired) electrons. The van der Waals surface area contributed by atoms with Crippen molar-refractivity contribution in [2.75, 3.05) is 24.7 Å². The molecule has 0 unspecified atom stereocenters. The lowest BCUT2D eigenvalue weighted by atomic mass is 10.4. The lowest BCUT2D eigenvalue weighted by Crippen LogP contribution is -2.25. The molecule has 2 rings (SSSR count). The van der Waals surface area contributed by atoms with Crippen molar-refractivity contribution in [1.29, 1.82) is 0 Å². The largest absolute Gasteiger partial charge is 0.382 e. The van der Waals surface area contributed by atoms with Crippen molar-refractivity contribution < 1.29 is 4.79 Å². The van der Waals surface area contributed by atoms with Gasteiger partial charge in [0.15, 0.2) is 5.13 Å². The van der Waals surface area contributed by atoms with E-state index in [9.17, 15) is 4.79 Å². The van der Waals surface area contributed by atoms with Crippen LogP contribution in [0.2, 0.25) is 0 Å². The van der Waals surface area contributed by atoms with Crippen molar-refractivity contribution in [3.05, 3.63) is 4.88 Å². The van der Waals surface area contributed by atoms with Gasteiger partial charge in [-0.05, 0) is 12.8 Å². The summed E-state index contributed by atoms with van der Waals surface area (Å²) in [6.45, 7) is 0. The zero-order chi connectivity index (χ0) is 11.0. The Bertz CT molecular complexity index is 383. The highest BCUT2D eigenvalue weighted by Gasteiger charge is 2.26. The summed E-state index contributed by atoms with van der Waals surface area (Å²) >= 11 is 1.32. The first-order valence-corrected chi connectivity index (χ1v) is 5.64. The van der Waals surface area contributed by atoms with Crippen molar-refractivity contribution in [2.45, 2.75) is 18.9 Å². The highest BCUT2D eigenvalue weighted by atomic mass is 32.1. The fourth-order valence-electron chi connectivity index (χ4n) is 1.15. The van der Waals surface area contributed by atoms with Gasteiger partial charge in [-0.3, -0.25) is 4.79 Å². The Morgan fingerprint density at radius 2 is 2.27 bits per heavy atom. The van der Waals surface area contributed by atoms with Gasteiger partial charge in [-0.2, -0.15) is 0 Å². The van der Waals surface area contributed by atoms with Crippen LogP contribution in [0.3, 0.4) is 0 Å². The van der Waals surface area contributed by atoms with E-state index in [1.54, 1.807) is 0 Å². The van der Waals surface area contributed by atoms with E-state index in [4.69, 9.17) is 5.73 Å². The molecule has 0 spiro atoms. The number of nitrogens with two attached hydrogens (primary N) is 1. The number of hydrogen-bond donors (Lipinski definition) is 2. The smallest absolute Gasteiger partial charge is 0.265 e. The number of rotatable bonds is 3. The molecule has 1 aliphatic carbocycles. The molecule has 1 aromatic rings. The van der Waals surface area contributed by atoms with E-state index in [-0.39, 0.29) is 5.91 Å². The number of amides is 1. The number of carbonyl (C=O) groups is 1. The van der Waals surface area contributed by atoms with Gasteiger partial charge in [0.05, 0.1) is 0 Å². The summed E-state index contributed by atoms with van der Waals surface area (Å²) in [7, 11) is 3.75. The van der Waals surface area contributed by atoms with Crippen LogP contribution in [0.1, 0.15) is 22.5 Å². The number of nitrogen functional groups attached to an aromatic ring is 1. The van der Waals surface area contributed by atoms with E-state index in [0.717, 1.165) is 18.0 Å². The third-order valence-corrected chi connectivity index (χ3v) is 3.38. The van der Waals surface area contributed by atoms with Gasteiger partial charge in [-0.25, -0.2) is 4.98 Å². The quantitative estimate of drug-likeness (QED) is 0.795. The molecule has 1 heterocycles. The van der Waals surface area contributed by atoms with E-state index in [2.05, 4.69) is 10.3 Å². The maximum atomic E-state index is 11.7. The fourth-order valence-corrected chi connectivity index (χ4v) is 1.96. The number of nitrogens with zero attached hydrogens (tertiary/aromatic N) is 2. The highest BCUT2D eigenvalue weighted by Crippen LogP contribution is 2.28. The Labute approximate surface area is 92.3 Å². The summed E-state index contributed by atoms with van der Waals surface area (Å²) in [5.41, 5.74) is 5.69. The fraction of sp³-hybridized carbons (Fsp3) is 0.556. The van der Waals surface area contributed by atoms with Crippen molar-refractivity contribution in [2.24, 2.45) is 0 Å². The van der Waals surface area contributed by atoms with Crippen molar-refractivity contribution in [3.63, 3.8) is 0 Å². The Kier molecular flexibility index (Phi) is 2.52. The molecule has 3 N–H and O–H groups in total. The van der Waals surface area contributed by atoms with E-state index in [1.165, 1.54) is 11.3 Å². The van der Waals surface area contributed by atoms with Crippen molar-refractivity contribution in [1.82, 2.24) is 10.3 Å². The molecule has 1 aliphatic rings. The molecule has 15 heavy (non-hydrogen) atoms. The Balaban J connectivity index is 2.15. The molecule has 0 aromatic carbocycles. The summed E-state index contributed by atoms with van der Waals surface area (Å²) < 4.78 is 0. The van der Waals surface area contributed by atoms with Gasteiger partial charge in [-0.15, -0.1) is 0 Å². The van der Waals surface area contributed by atoms with Gasteiger partial charge in [0.25, 0.3) is 5.91 Å². The minimum atomic E-state index is -0.0967. The monoisotopic (exact) mass is 226 g/mol. The predicted octanol–water partition coefficient (Wildman–Crippen LogP) is 0.683. The molecule has 0 saturated heterocycles. The van der Waals surface area contributed by atoms with Gasteiger partial charge in [0.2, 0.25) is 0 Å². The summed E-state index contributed by atoms with van der Waals surface area (Å²) in [5.74, 6) is 0.224. The molecule has 6 heteroatoms. The number of thiazole rings is 1. The molecule has 0 atom stereocenters. The molecule has 0 bridgehead atoms. The van der Waals surface area contributed by atoms with Crippen LogP contribution in [0.5, 0.6) is 0 Å². The third kappa shape index (κ3) is 2.20. The summed E-state index contributed by atoms with van der Waals surface area (Å²) in [4.78, 5) is 18.2. The van der Waals surface area contributed by atoms with Crippen LogP contribution in [-0.4, -0.2) is 31.0 Å². The molecule has 1 amide bonds. The minimum Gasteiger partial charge on any atom is -0.382 e. The number of aromatic nitrogens is 1. The average Bonchev–Trinajstić information content (AvgIpc) is 2.86. The topological polar surface area (TPSA) is 71.2 Å². The zero-order valence-electron chi connectivity index (χ0n) is 8.78. The molecule has 0 aliphatic heterocycles. The van der Waals surface area contributed by atoms with Crippen LogP contribution >= 0.6 is 11.3 Å². The normalized spacial score (nSPS) is 15.1. The number of carbonyl (C=O) groups excluding carboxylic acids is 1. The van der Waals surface area contributed by atoms with E-state index in [0.29, 0.717) is 16.7 Å². The average molecular weight is 226 g/mol. The predicted molar refractivity (Wildman–Crippen MR) is 61.3 cm³/mol. The summed E-state index contributed by atoms with van der Waals surface area (Å²) in [5, 5.41) is 3.65. The van der Waals surface area contributed by atoms with Gasteiger partial charge >= 0.3 is 0 Å². The molecule has 1 fully saturated rings. The Morgan fingerprint density at radius 3 is 2.73 bits per heavy atom. The lowest BCUT2D eigenvalue weighted by Gasteiger charge is -2.04. The lowest BCUT2D eigenvalue weighted by molar-refractivity contribution is 0.0956. The van der Waals surface area contributed by atoms with Crippen LogP contribution in [-0.2, 0) is 0 Å². The van der Waals surface area contributed by atoms with Crippen LogP contribution in [0, 0.1) is 0 Å². The van der Waals surface area contributed by atoms with E-state index in [1.807, 2.05) is 19.0 Å². The first-order valence-electron chi connectivity index (χ1n) is 4.82. The highest BCUT2D eigenvalue weighted by molar-refractivity contribution is 7.18. The molecule has 1 aromatic heterocycles. The molecule has 5 nitrogen and oxygen atoms in total. The second kappa shape index (κ2) is 3.69. The maximum absolute atomic E-state index is 11.7. The van der Waals surface area contributed by atoms with Crippen LogP contribution in [0.4, 0.5) is 10.9 Å². The van der Waals surface area contributed by atoms with Gasteiger partial charge in [-0.1, -0.05) is 11.3 Å². The second-order valence-corrected chi connectivity index (χ2v) is 4.83. The Morgan fingerprint density at radius 1 is 1.60 bits per heavy atom. The first kappa shape index (κ1) is 10.2. The van der Waals surface area contributed by atoms with Crippen LogP contribution in [0.25, 0.3) is 0 Å². The third-order valence-electron chi connectivity index (χ3n) is 2.14. The standard InChI is InChI=1S/C9H14N4OS/c1-13(2)9-12-7(10)6(15-9)8(14)11-5-3-4-5/h5H,3-4,10H2,1-2H3,(H,11,14). The molecular weight excluding hydrogens is 212 g/mol. The van der Waals surface area contributed by atoms with E-state index < -0.39 is 0 Å². The van der Waals surface area contributed by atoms with Crippen LogP contribution in [0.15, 0.2) is 0 Å². The van der Waals surface area contributed by atoms with Crippen LogP contribution < -0.4 is 16.0 Å².